The number of rotatable bonds is 12. The molecule has 1 aromatic carbocycles. The largest absolute Gasteiger partial charge is 0.501 e. The second-order valence-corrected chi connectivity index (χ2v) is 9.38. The average molecular weight is 509 g/mol. The minimum atomic E-state index is -1.44. The summed E-state index contributed by atoms with van der Waals surface area (Å²) in [6.07, 6.45) is 1.48. The second-order valence-electron chi connectivity index (χ2n) is 9.38. The van der Waals surface area contributed by atoms with Gasteiger partial charge in [-0.25, -0.2) is 0 Å². The van der Waals surface area contributed by atoms with Gasteiger partial charge < -0.3 is 38.3 Å². The highest BCUT2D eigenvalue weighted by atomic mass is 16.6. The van der Waals surface area contributed by atoms with Crippen molar-refractivity contribution >= 4 is 5.78 Å². The van der Waals surface area contributed by atoms with Gasteiger partial charge in [0.15, 0.2) is 11.4 Å². The summed E-state index contributed by atoms with van der Waals surface area (Å²) in [5.41, 5.74) is -0.409. The molecule has 0 amide bonds. The van der Waals surface area contributed by atoms with Crippen molar-refractivity contribution in [3.63, 3.8) is 0 Å². The summed E-state index contributed by atoms with van der Waals surface area (Å²) in [5.74, 6) is 0.859. The first-order valence-corrected chi connectivity index (χ1v) is 12.4. The van der Waals surface area contributed by atoms with Crippen LogP contribution < -0.4 is 4.74 Å². The highest BCUT2D eigenvalue weighted by molar-refractivity contribution is 5.97. The van der Waals surface area contributed by atoms with E-state index in [1.165, 1.54) is 13.2 Å². The van der Waals surface area contributed by atoms with Crippen molar-refractivity contribution in [2.24, 2.45) is 0 Å². The standard InChI is InChI=1S/C27H40O9/c1-27(26(29)15-22(33-5)24(36-27)17-30-2)25(28)14-20(32-4)13-23-21(7-6-12-34-23)35-16-18-8-10-19(31-3)11-9-18/h8-11,14,21-24,26,29H,6-7,12-13,15-17H2,1-5H3/b20-14-/t21-,22-,23+,24+,26+,27-/m0/s1. The third-order valence-electron chi connectivity index (χ3n) is 6.98. The van der Waals surface area contributed by atoms with Crippen LogP contribution in [0.15, 0.2) is 36.1 Å². The van der Waals surface area contributed by atoms with E-state index in [9.17, 15) is 9.90 Å². The number of carbonyl (C=O) groups is 1. The van der Waals surface area contributed by atoms with E-state index >= 15 is 0 Å². The minimum absolute atomic E-state index is 0.143. The van der Waals surface area contributed by atoms with Crippen LogP contribution in [0.4, 0.5) is 0 Å². The lowest BCUT2D eigenvalue weighted by Crippen LogP contribution is -2.60. The molecule has 2 saturated heterocycles. The molecular formula is C27H40O9. The van der Waals surface area contributed by atoms with Crippen LogP contribution in [-0.2, 0) is 39.8 Å². The van der Waals surface area contributed by atoms with Crippen LogP contribution >= 0.6 is 0 Å². The number of ketones is 1. The Morgan fingerprint density at radius 2 is 1.89 bits per heavy atom. The Kier molecular flexibility index (Phi) is 10.7. The Hall–Kier alpha value is -2.01. The molecule has 0 spiro atoms. The van der Waals surface area contributed by atoms with Gasteiger partial charge in [-0.1, -0.05) is 12.1 Å². The van der Waals surface area contributed by atoms with Crippen LogP contribution in [0.5, 0.6) is 5.75 Å². The van der Waals surface area contributed by atoms with Gasteiger partial charge in [0.1, 0.15) is 17.6 Å². The molecule has 0 saturated carbocycles. The Morgan fingerprint density at radius 1 is 1.14 bits per heavy atom. The van der Waals surface area contributed by atoms with Crippen molar-refractivity contribution in [3.05, 3.63) is 41.7 Å². The van der Waals surface area contributed by atoms with Gasteiger partial charge >= 0.3 is 0 Å². The predicted molar refractivity (Wildman–Crippen MR) is 132 cm³/mol. The molecule has 2 aliphatic heterocycles. The first kappa shape index (κ1) is 28.6. The normalized spacial score (nSPS) is 31.2. The van der Waals surface area contributed by atoms with E-state index in [-0.39, 0.29) is 37.1 Å². The zero-order chi connectivity index (χ0) is 26.1. The number of carbonyl (C=O) groups excluding carboxylic acids is 1. The molecule has 0 aromatic heterocycles. The number of methoxy groups -OCH3 is 4. The SMILES string of the molecule is COC[C@H]1O[C@@](C)(C(=O)/C=C(/C[C@H]2OCCC[C@@H]2OCc2ccc(OC)cc2)OC)[C@H](O)C[C@@H]1OC. The zero-order valence-electron chi connectivity index (χ0n) is 21.9. The van der Waals surface area contributed by atoms with E-state index in [4.69, 9.17) is 33.2 Å². The maximum atomic E-state index is 13.3. The summed E-state index contributed by atoms with van der Waals surface area (Å²) in [4.78, 5) is 13.3. The molecule has 2 heterocycles. The van der Waals surface area contributed by atoms with Gasteiger partial charge in [-0.2, -0.15) is 0 Å². The maximum Gasteiger partial charge on any atom is 0.193 e. The quantitative estimate of drug-likeness (QED) is 0.337. The highest BCUT2D eigenvalue weighted by Crippen LogP contribution is 2.33. The van der Waals surface area contributed by atoms with Crippen molar-refractivity contribution < 1.29 is 43.1 Å². The van der Waals surface area contributed by atoms with Crippen LogP contribution in [0.25, 0.3) is 0 Å². The topological polar surface area (TPSA) is 102 Å². The highest BCUT2D eigenvalue weighted by Gasteiger charge is 2.49. The fraction of sp³-hybridized carbons (Fsp3) is 0.667. The third kappa shape index (κ3) is 7.06. The summed E-state index contributed by atoms with van der Waals surface area (Å²) < 4.78 is 39.7. The minimum Gasteiger partial charge on any atom is -0.501 e. The predicted octanol–water partition coefficient (Wildman–Crippen LogP) is 2.82. The molecule has 0 radical (unpaired) electrons. The second kappa shape index (κ2) is 13.5. The molecule has 0 bridgehead atoms. The molecule has 2 aliphatic rings. The maximum absolute atomic E-state index is 13.3. The van der Waals surface area contributed by atoms with Crippen LogP contribution in [-0.4, -0.2) is 88.7 Å². The van der Waals surface area contributed by atoms with Crippen molar-refractivity contribution in [1.82, 2.24) is 0 Å². The van der Waals surface area contributed by atoms with Gasteiger partial charge in [0.05, 0.1) is 51.8 Å². The number of hydrogen-bond donors (Lipinski definition) is 1. The fourth-order valence-corrected chi connectivity index (χ4v) is 4.65. The van der Waals surface area contributed by atoms with Gasteiger partial charge in [-0.05, 0) is 37.5 Å². The van der Waals surface area contributed by atoms with Crippen molar-refractivity contribution in [3.8, 4) is 5.75 Å². The lowest BCUT2D eigenvalue weighted by atomic mass is 9.84. The number of aliphatic hydroxyl groups excluding tert-OH is 1. The van der Waals surface area contributed by atoms with Gasteiger partial charge in [0.2, 0.25) is 0 Å². The van der Waals surface area contributed by atoms with Gasteiger partial charge in [0.25, 0.3) is 0 Å². The molecule has 202 valence electrons. The molecule has 2 fully saturated rings. The Bertz CT molecular complexity index is 855. The molecule has 1 N–H and O–H groups in total. The molecule has 36 heavy (non-hydrogen) atoms. The lowest BCUT2D eigenvalue weighted by Gasteiger charge is -2.44. The third-order valence-corrected chi connectivity index (χ3v) is 6.98. The number of ether oxygens (including phenoxy) is 7. The van der Waals surface area contributed by atoms with E-state index in [0.29, 0.717) is 25.4 Å². The first-order valence-electron chi connectivity index (χ1n) is 12.4. The van der Waals surface area contributed by atoms with Crippen LogP contribution in [0, 0.1) is 0 Å². The van der Waals surface area contributed by atoms with E-state index < -0.39 is 17.8 Å². The number of aliphatic hydroxyl groups is 1. The lowest BCUT2D eigenvalue weighted by molar-refractivity contribution is -0.226. The van der Waals surface area contributed by atoms with Gasteiger partial charge in [0, 0.05) is 39.7 Å². The summed E-state index contributed by atoms with van der Waals surface area (Å²) >= 11 is 0. The summed E-state index contributed by atoms with van der Waals surface area (Å²) in [5, 5.41) is 10.8. The fourth-order valence-electron chi connectivity index (χ4n) is 4.65. The Labute approximate surface area is 213 Å². The zero-order valence-corrected chi connectivity index (χ0v) is 21.9. The van der Waals surface area contributed by atoms with E-state index in [2.05, 4.69) is 0 Å². The van der Waals surface area contributed by atoms with Crippen molar-refractivity contribution in [2.45, 2.75) is 75.3 Å². The molecule has 1 aromatic rings. The molecular weight excluding hydrogens is 468 g/mol. The van der Waals surface area contributed by atoms with Crippen molar-refractivity contribution in [1.29, 1.82) is 0 Å². The van der Waals surface area contributed by atoms with Gasteiger partial charge in [-0.15, -0.1) is 0 Å². The number of benzene rings is 1. The molecule has 9 heteroatoms. The monoisotopic (exact) mass is 508 g/mol. The van der Waals surface area contributed by atoms with Crippen molar-refractivity contribution in [2.75, 3.05) is 41.7 Å². The molecule has 6 atom stereocenters. The van der Waals surface area contributed by atoms with Crippen LogP contribution in [0.1, 0.15) is 38.2 Å². The number of hydrogen-bond acceptors (Lipinski definition) is 9. The van der Waals surface area contributed by atoms with E-state index in [0.717, 1.165) is 24.2 Å². The molecule has 3 rings (SSSR count). The summed E-state index contributed by atoms with van der Waals surface area (Å²) in [7, 11) is 6.26. The van der Waals surface area contributed by atoms with E-state index in [1.54, 1.807) is 28.3 Å². The van der Waals surface area contributed by atoms with E-state index in [1.807, 2.05) is 24.3 Å². The van der Waals surface area contributed by atoms with Crippen LogP contribution in [0.2, 0.25) is 0 Å². The smallest absolute Gasteiger partial charge is 0.193 e. The molecule has 9 nitrogen and oxygen atoms in total. The van der Waals surface area contributed by atoms with Crippen LogP contribution in [0.3, 0.4) is 0 Å². The Morgan fingerprint density at radius 3 is 2.53 bits per heavy atom. The molecule has 0 aliphatic carbocycles. The average Bonchev–Trinajstić information content (AvgIpc) is 2.90. The van der Waals surface area contributed by atoms with Gasteiger partial charge in [-0.3, -0.25) is 4.79 Å². The summed E-state index contributed by atoms with van der Waals surface area (Å²) in [6.45, 7) is 2.90. The Balaban J connectivity index is 1.66. The first-order chi connectivity index (χ1) is 17.3. The molecule has 0 unspecified atom stereocenters. The summed E-state index contributed by atoms with van der Waals surface area (Å²) in [6, 6.07) is 7.74.